The van der Waals surface area contributed by atoms with Crippen molar-refractivity contribution in [1.82, 2.24) is 15.1 Å². The van der Waals surface area contributed by atoms with Crippen molar-refractivity contribution in [3.05, 3.63) is 54.1 Å². The normalized spacial score (nSPS) is 10.0. The number of ether oxygens (including phenoxy) is 1. The second-order valence-electron chi connectivity index (χ2n) is 4.73. The van der Waals surface area contributed by atoms with Crippen molar-refractivity contribution < 1.29 is 14.3 Å². The minimum absolute atomic E-state index is 0.239. The molecule has 0 unspecified atom stereocenters. The first kappa shape index (κ1) is 16.3. The molecule has 0 aliphatic carbocycles. The molecular formula is C16H18N4O3. The smallest absolute Gasteiger partial charge is 0.257 e. The summed E-state index contributed by atoms with van der Waals surface area (Å²) in [4.78, 5) is 23.8. The Labute approximate surface area is 133 Å². The van der Waals surface area contributed by atoms with Gasteiger partial charge in [-0.3, -0.25) is 9.59 Å². The zero-order valence-electron chi connectivity index (χ0n) is 13.0. The van der Waals surface area contributed by atoms with E-state index < -0.39 is 0 Å². The summed E-state index contributed by atoms with van der Waals surface area (Å²) in [5, 5.41) is 9.51. The molecule has 1 aromatic heterocycles. The first-order valence-corrected chi connectivity index (χ1v) is 6.92. The molecule has 2 amide bonds. The lowest BCUT2D eigenvalue weighted by Crippen LogP contribution is -2.23. The van der Waals surface area contributed by atoms with Crippen LogP contribution in [0.3, 0.4) is 0 Å². The molecule has 0 spiro atoms. The molecule has 0 saturated heterocycles. The fourth-order valence-corrected chi connectivity index (χ4v) is 1.99. The fourth-order valence-electron chi connectivity index (χ4n) is 1.99. The van der Waals surface area contributed by atoms with E-state index in [1.54, 1.807) is 37.4 Å². The highest BCUT2D eigenvalue weighted by Gasteiger charge is 2.14. The third kappa shape index (κ3) is 3.97. The van der Waals surface area contributed by atoms with Crippen LogP contribution in [0.5, 0.6) is 5.88 Å². The SMILES string of the molecule is C=CC(=O)NCc1ccccc1C(=O)Nc1cc(OC)nn1C. The predicted molar refractivity (Wildman–Crippen MR) is 86.2 cm³/mol. The van der Waals surface area contributed by atoms with E-state index in [1.807, 2.05) is 0 Å². The average Bonchev–Trinajstić information content (AvgIpc) is 2.92. The summed E-state index contributed by atoms with van der Waals surface area (Å²) >= 11 is 0. The van der Waals surface area contributed by atoms with Gasteiger partial charge in [0.05, 0.1) is 7.11 Å². The molecule has 0 radical (unpaired) electrons. The number of nitrogens with one attached hydrogen (secondary N) is 2. The van der Waals surface area contributed by atoms with Gasteiger partial charge in [0.1, 0.15) is 5.82 Å². The van der Waals surface area contributed by atoms with Gasteiger partial charge in [-0.15, -0.1) is 5.10 Å². The Morgan fingerprint density at radius 2 is 2.13 bits per heavy atom. The molecule has 2 rings (SSSR count). The number of aryl methyl sites for hydroxylation is 1. The summed E-state index contributed by atoms with van der Waals surface area (Å²) in [5.74, 6) is 0.335. The maximum Gasteiger partial charge on any atom is 0.257 e. The molecule has 120 valence electrons. The summed E-state index contributed by atoms with van der Waals surface area (Å²) in [7, 11) is 3.21. The molecule has 0 saturated carbocycles. The third-order valence-electron chi connectivity index (χ3n) is 3.21. The number of nitrogens with zero attached hydrogens (tertiary/aromatic N) is 2. The standard InChI is InChI=1S/C16H18N4O3/c1-4-14(21)17-10-11-7-5-6-8-12(11)16(22)18-13-9-15(23-3)19-20(13)2/h4-9H,1,10H2,2-3H3,(H,17,21)(H,18,22). The molecule has 1 aromatic carbocycles. The van der Waals surface area contributed by atoms with E-state index in [0.29, 0.717) is 22.8 Å². The van der Waals surface area contributed by atoms with Crippen LogP contribution in [0.15, 0.2) is 43.0 Å². The van der Waals surface area contributed by atoms with Gasteiger partial charge in [-0.2, -0.15) is 0 Å². The largest absolute Gasteiger partial charge is 0.480 e. The van der Waals surface area contributed by atoms with Gasteiger partial charge in [-0.25, -0.2) is 4.68 Å². The van der Waals surface area contributed by atoms with Crippen LogP contribution in [0.25, 0.3) is 0 Å². The average molecular weight is 314 g/mol. The van der Waals surface area contributed by atoms with E-state index in [4.69, 9.17) is 4.74 Å². The summed E-state index contributed by atoms with van der Waals surface area (Å²) in [6, 6.07) is 8.66. The molecule has 23 heavy (non-hydrogen) atoms. The highest BCUT2D eigenvalue weighted by Crippen LogP contribution is 2.17. The van der Waals surface area contributed by atoms with Crippen molar-refractivity contribution >= 4 is 17.6 Å². The van der Waals surface area contributed by atoms with Gasteiger partial charge in [0.25, 0.3) is 5.91 Å². The number of hydrogen-bond acceptors (Lipinski definition) is 4. The third-order valence-corrected chi connectivity index (χ3v) is 3.21. The Hall–Kier alpha value is -3.09. The minimum atomic E-state index is -0.295. The maximum absolute atomic E-state index is 12.5. The highest BCUT2D eigenvalue weighted by molar-refractivity contribution is 6.05. The topological polar surface area (TPSA) is 85.2 Å². The maximum atomic E-state index is 12.5. The van der Waals surface area contributed by atoms with E-state index >= 15 is 0 Å². The van der Waals surface area contributed by atoms with Crippen LogP contribution in [0, 0.1) is 0 Å². The van der Waals surface area contributed by atoms with Crippen molar-refractivity contribution in [1.29, 1.82) is 0 Å². The van der Waals surface area contributed by atoms with E-state index in [1.165, 1.54) is 17.9 Å². The van der Waals surface area contributed by atoms with E-state index in [0.717, 1.165) is 0 Å². The molecule has 0 aliphatic rings. The number of amides is 2. The lowest BCUT2D eigenvalue weighted by Gasteiger charge is -2.10. The Morgan fingerprint density at radius 1 is 1.39 bits per heavy atom. The lowest BCUT2D eigenvalue weighted by atomic mass is 10.1. The van der Waals surface area contributed by atoms with Crippen LogP contribution in [0.2, 0.25) is 0 Å². The van der Waals surface area contributed by atoms with Gasteiger partial charge in [0.15, 0.2) is 0 Å². The highest BCUT2D eigenvalue weighted by atomic mass is 16.5. The van der Waals surface area contributed by atoms with Crippen LogP contribution < -0.4 is 15.4 Å². The van der Waals surface area contributed by atoms with Crippen molar-refractivity contribution in [2.24, 2.45) is 7.05 Å². The molecule has 0 fully saturated rings. The number of carbonyl (C=O) groups is 2. The number of anilines is 1. The zero-order chi connectivity index (χ0) is 16.8. The molecular weight excluding hydrogens is 296 g/mol. The second kappa shape index (κ2) is 7.26. The van der Waals surface area contributed by atoms with Gasteiger partial charge >= 0.3 is 0 Å². The Bertz CT molecular complexity index is 737. The van der Waals surface area contributed by atoms with Gasteiger partial charge in [0.2, 0.25) is 11.8 Å². The predicted octanol–water partition coefficient (Wildman–Crippen LogP) is 1.48. The zero-order valence-corrected chi connectivity index (χ0v) is 13.0. The number of methoxy groups -OCH3 is 1. The number of hydrogen-bond donors (Lipinski definition) is 2. The van der Waals surface area contributed by atoms with Crippen LogP contribution in [-0.2, 0) is 18.4 Å². The quantitative estimate of drug-likeness (QED) is 0.791. The van der Waals surface area contributed by atoms with Crippen molar-refractivity contribution in [2.45, 2.75) is 6.54 Å². The van der Waals surface area contributed by atoms with Crippen LogP contribution in [0.4, 0.5) is 5.82 Å². The Kier molecular flexibility index (Phi) is 5.14. The number of aromatic nitrogens is 2. The van der Waals surface area contributed by atoms with Crippen LogP contribution in [0.1, 0.15) is 15.9 Å². The van der Waals surface area contributed by atoms with Gasteiger partial charge in [0, 0.05) is 25.2 Å². The molecule has 2 aromatic rings. The molecule has 7 nitrogen and oxygen atoms in total. The Balaban J connectivity index is 2.17. The first-order chi connectivity index (χ1) is 11.0. The van der Waals surface area contributed by atoms with Crippen LogP contribution in [-0.4, -0.2) is 28.7 Å². The molecule has 0 aliphatic heterocycles. The first-order valence-electron chi connectivity index (χ1n) is 6.92. The fraction of sp³-hybridized carbons (Fsp3) is 0.188. The van der Waals surface area contributed by atoms with Gasteiger partial charge in [-0.1, -0.05) is 24.8 Å². The summed E-state index contributed by atoms with van der Waals surface area (Å²) in [5.41, 5.74) is 1.17. The minimum Gasteiger partial charge on any atom is -0.480 e. The van der Waals surface area contributed by atoms with Crippen molar-refractivity contribution in [3.8, 4) is 5.88 Å². The lowest BCUT2D eigenvalue weighted by molar-refractivity contribution is -0.116. The molecule has 7 heteroatoms. The van der Waals surface area contributed by atoms with Gasteiger partial charge < -0.3 is 15.4 Å². The molecule has 0 atom stereocenters. The molecule has 2 N–H and O–H groups in total. The van der Waals surface area contributed by atoms with Gasteiger partial charge in [-0.05, 0) is 17.7 Å². The summed E-state index contributed by atoms with van der Waals surface area (Å²) in [6.45, 7) is 3.63. The second-order valence-corrected chi connectivity index (χ2v) is 4.73. The van der Waals surface area contributed by atoms with Crippen molar-refractivity contribution in [2.75, 3.05) is 12.4 Å². The molecule has 1 heterocycles. The van der Waals surface area contributed by atoms with E-state index in [9.17, 15) is 9.59 Å². The summed E-state index contributed by atoms with van der Waals surface area (Å²) in [6.07, 6.45) is 1.19. The number of carbonyl (C=O) groups excluding carboxylic acids is 2. The van der Waals surface area contributed by atoms with Crippen molar-refractivity contribution in [3.63, 3.8) is 0 Å². The van der Waals surface area contributed by atoms with E-state index in [-0.39, 0.29) is 18.4 Å². The Morgan fingerprint density at radius 3 is 2.78 bits per heavy atom. The number of rotatable bonds is 6. The number of benzene rings is 1. The summed E-state index contributed by atoms with van der Waals surface area (Å²) < 4.78 is 6.54. The molecule has 0 bridgehead atoms. The van der Waals surface area contributed by atoms with E-state index in [2.05, 4.69) is 22.3 Å². The monoisotopic (exact) mass is 314 g/mol. The van der Waals surface area contributed by atoms with Crippen LogP contribution >= 0.6 is 0 Å².